The second-order valence-electron chi connectivity index (χ2n) is 6.81. The van der Waals surface area contributed by atoms with Crippen molar-refractivity contribution in [2.45, 2.75) is 18.9 Å². The fourth-order valence-electron chi connectivity index (χ4n) is 3.83. The van der Waals surface area contributed by atoms with Gasteiger partial charge in [0.05, 0.1) is 0 Å². The Bertz CT molecular complexity index is 709. The van der Waals surface area contributed by atoms with Gasteiger partial charge in [-0.25, -0.2) is 9.97 Å². The summed E-state index contributed by atoms with van der Waals surface area (Å²) in [5.74, 6) is 0.873. The summed E-state index contributed by atoms with van der Waals surface area (Å²) in [6.45, 7) is 5.58. The van der Waals surface area contributed by atoms with Crippen LogP contribution in [0.15, 0.2) is 42.9 Å². The summed E-state index contributed by atoms with van der Waals surface area (Å²) < 4.78 is 0. The zero-order valence-electron chi connectivity index (χ0n) is 14.9. The van der Waals surface area contributed by atoms with Gasteiger partial charge in [-0.05, 0) is 31.0 Å². The van der Waals surface area contributed by atoms with Crippen molar-refractivity contribution in [2.75, 3.05) is 44.2 Å². The number of amides is 1. The Kier molecular flexibility index (Phi) is 5.06. The molecule has 0 unspecified atom stereocenters. The number of likely N-dealkylation sites (tertiary alicyclic amines) is 1. The lowest BCUT2D eigenvalue weighted by Gasteiger charge is -2.42. The van der Waals surface area contributed by atoms with Crippen LogP contribution in [-0.2, 0) is 0 Å². The predicted octanol–water partition coefficient (Wildman–Crippen LogP) is 1.30. The molecule has 0 radical (unpaired) electrons. The second-order valence-corrected chi connectivity index (χ2v) is 6.81. The number of carbonyl (C=O) groups is 1. The molecule has 2 aromatic heterocycles. The van der Waals surface area contributed by atoms with Crippen LogP contribution >= 0.6 is 0 Å². The van der Waals surface area contributed by atoms with Crippen LogP contribution in [0.3, 0.4) is 0 Å². The average Bonchev–Trinajstić information content (AvgIpc) is 2.75. The Morgan fingerprint density at radius 1 is 0.846 bits per heavy atom. The number of piperidine rings is 1. The van der Waals surface area contributed by atoms with Gasteiger partial charge in [0.15, 0.2) is 0 Å². The molecule has 0 aromatic carbocycles. The highest BCUT2D eigenvalue weighted by Gasteiger charge is 2.30. The maximum Gasteiger partial charge on any atom is 0.272 e. The first kappa shape index (κ1) is 16.9. The third-order valence-electron chi connectivity index (χ3n) is 5.30. The van der Waals surface area contributed by atoms with Crippen LogP contribution in [0.5, 0.6) is 0 Å². The van der Waals surface area contributed by atoms with Crippen LogP contribution in [0, 0.1) is 0 Å². The van der Waals surface area contributed by atoms with Gasteiger partial charge in [-0.2, -0.15) is 0 Å². The van der Waals surface area contributed by atoms with E-state index in [9.17, 15) is 4.79 Å². The minimum atomic E-state index is 0.0510. The van der Waals surface area contributed by atoms with Crippen molar-refractivity contribution in [1.29, 1.82) is 0 Å². The topological polar surface area (TPSA) is 65.5 Å². The quantitative estimate of drug-likeness (QED) is 0.830. The molecule has 2 aromatic rings. The Morgan fingerprint density at radius 2 is 1.54 bits per heavy atom. The summed E-state index contributed by atoms with van der Waals surface area (Å²) >= 11 is 0. The van der Waals surface area contributed by atoms with E-state index >= 15 is 0 Å². The number of pyridine rings is 1. The smallest absolute Gasteiger partial charge is 0.272 e. The summed E-state index contributed by atoms with van der Waals surface area (Å²) in [7, 11) is 0. The van der Waals surface area contributed by atoms with Crippen molar-refractivity contribution < 1.29 is 4.79 Å². The molecule has 136 valence electrons. The number of hydrogen-bond acceptors (Lipinski definition) is 6. The van der Waals surface area contributed by atoms with Crippen LogP contribution in [0.1, 0.15) is 23.3 Å². The van der Waals surface area contributed by atoms with Crippen molar-refractivity contribution in [3.63, 3.8) is 0 Å². The van der Waals surface area contributed by atoms with Crippen molar-refractivity contribution in [3.05, 3.63) is 48.5 Å². The fraction of sp³-hybridized carbons (Fsp3) is 0.474. The SMILES string of the molecule is O=C(c1ccccn1)N1CCC(N2CCN(c3ncccn3)CC2)CC1. The number of nitrogens with zero attached hydrogens (tertiary/aromatic N) is 6. The van der Waals surface area contributed by atoms with E-state index in [1.807, 2.05) is 23.1 Å². The van der Waals surface area contributed by atoms with Crippen molar-refractivity contribution in [1.82, 2.24) is 24.8 Å². The van der Waals surface area contributed by atoms with Gasteiger partial charge in [0.2, 0.25) is 5.95 Å². The third kappa shape index (κ3) is 3.67. The van der Waals surface area contributed by atoms with Crippen molar-refractivity contribution in [2.24, 2.45) is 0 Å². The van der Waals surface area contributed by atoms with Crippen LogP contribution in [0.4, 0.5) is 5.95 Å². The van der Waals surface area contributed by atoms with Crippen LogP contribution in [0.2, 0.25) is 0 Å². The Morgan fingerprint density at radius 3 is 2.19 bits per heavy atom. The Labute approximate surface area is 153 Å². The number of anilines is 1. The average molecular weight is 352 g/mol. The molecular formula is C19H24N6O. The summed E-state index contributed by atoms with van der Waals surface area (Å²) in [4.78, 5) is 32.1. The van der Waals surface area contributed by atoms with Crippen molar-refractivity contribution >= 4 is 11.9 Å². The Hall–Kier alpha value is -2.54. The first-order chi connectivity index (χ1) is 12.8. The minimum absolute atomic E-state index is 0.0510. The van der Waals surface area contributed by atoms with Crippen LogP contribution in [-0.4, -0.2) is 76.0 Å². The van der Waals surface area contributed by atoms with Gasteiger partial charge in [0, 0.05) is 63.9 Å². The number of carbonyl (C=O) groups excluding carboxylic acids is 1. The van der Waals surface area contributed by atoms with E-state index in [-0.39, 0.29) is 5.91 Å². The molecular weight excluding hydrogens is 328 g/mol. The molecule has 4 rings (SSSR count). The molecule has 0 spiro atoms. The highest BCUT2D eigenvalue weighted by molar-refractivity contribution is 5.92. The largest absolute Gasteiger partial charge is 0.338 e. The highest BCUT2D eigenvalue weighted by atomic mass is 16.2. The van der Waals surface area contributed by atoms with Gasteiger partial charge in [-0.1, -0.05) is 6.07 Å². The lowest BCUT2D eigenvalue weighted by Crippen LogP contribution is -2.54. The summed E-state index contributed by atoms with van der Waals surface area (Å²) in [6, 6.07) is 7.90. The molecule has 0 aliphatic carbocycles. The second kappa shape index (κ2) is 7.78. The molecule has 0 atom stereocenters. The van der Waals surface area contributed by atoms with Crippen LogP contribution in [0.25, 0.3) is 0 Å². The van der Waals surface area contributed by atoms with E-state index in [0.717, 1.165) is 58.1 Å². The van der Waals surface area contributed by atoms with Gasteiger partial charge in [-0.15, -0.1) is 0 Å². The molecule has 7 nitrogen and oxygen atoms in total. The minimum Gasteiger partial charge on any atom is -0.338 e. The molecule has 2 aliphatic heterocycles. The zero-order valence-corrected chi connectivity index (χ0v) is 14.9. The molecule has 26 heavy (non-hydrogen) atoms. The molecule has 7 heteroatoms. The molecule has 1 amide bonds. The van der Waals surface area contributed by atoms with E-state index in [2.05, 4.69) is 24.8 Å². The molecule has 0 bridgehead atoms. The van der Waals surface area contributed by atoms with E-state index in [1.54, 1.807) is 24.7 Å². The van der Waals surface area contributed by atoms with Gasteiger partial charge in [0.25, 0.3) is 5.91 Å². The molecule has 2 aliphatic rings. The monoisotopic (exact) mass is 352 g/mol. The number of piperazine rings is 1. The molecule has 2 fully saturated rings. The highest BCUT2D eigenvalue weighted by Crippen LogP contribution is 2.20. The maximum atomic E-state index is 12.5. The van der Waals surface area contributed by atoms with E-state index < -0.39 is 0 Å². The molecule has 0 N–H and O–H groups in total. The number of aromatic nitrogens is 3. The zero-order chi connectivity index (χ0) is 17.8. The van der Waals surface area contributed by atoms with Crippen molar-refractivity contribution in [3.8, 4) is 0 Å². The van der Waals surface area contributed by atoms with Gasteiger partial charge >= 0.3 is 0 Å². The van der Waals surface area contributed by atoms with Crippen LogP contribution < -0.4 is 4.90 Å². The van der Waals surface area contributed by atoms with E-state index in [0.29, 0.717) is 11.7 Å². The third-order valence-corrected chi connectivity index (χ3v) is 5.30. The maximum absolute atomic E-state index is 12.5. The molecule has 4 heterocycles. The fourth-order valence-corrected chi connectivity index (χ4v) is 3.83. The standard InChI is InChI=1S/C19H24N6O/c26-18(17-4-1-2-7-20-17)24-10-5-16(6-11-24)23-12-14-25(15-13-23)19-21-8-3-9-22-19/h1-4,7-9,16H,5-6,10-15H2. The van der Waals surface area contributed by atoms with Gasteiger partial charge in [0.1, 0.15) is 5.69 Å². The summed E-state index contributed by atoms with van der Waals surface area (Å²) in [5, 5.41) is 0. The molecule has 2 saturated heterocycles. The first-order valence-corrected chi connectivity index (χ1v) is 9.27. The summed E-state index contributed by atoms with van der Waals surface area (Å²) in [5.41, 5.74) is 0.544. The molecule has 0 saturated carbocycles. The number of rotatable bonds is 3. The summed E-state index contributed by atoms with van der Waals surface area (Å²) in [6.07, 6.45) is 7.32. The van der Waals surface area contributed by atoms with Gasteiger partial charge in [-0.3, -0.25) is 14.7 Å². The first-order valence-electron chi connectivity index (χ1n) is 9.27. The lowest BCUT2D eigenvalue weighted by atomic mass is 10.0. The van der Waals surface area contributed by atoms with E-state index in [4.69, 9.17) is 0 Å². The Balaban J connectivity index is 1.27. The predicted molar refractivity (Wildman–Crippen MR) is 99.0 cm³/mol. The van der Waals surface area contributed by atoms with E-state index in [1.165, 1.54) is 0 Å². The number of hydrogen-bond donors (Lipinski definition) is 0. The lowest BCUT2D eigenvalue weighted by molar-refractivity contribution is 0.0605. The normalized spacial score (nSPS) is 19.5. The van der Waals surface area contributed by atoms with Gasteiger partial charge < -0.3 is 9.80 Å².